The van der Waals surface area contributed by atoms with Crippen LogP contribution in [0.3, 0.4) is 0 Å². The van der Waals surface area contributed by atoms with Crippen LogP contribution in [0.2, 0.25) is 0 Å². The summed E-state index contributed by atoms with van der Waals surface area (Å²) in [6.07, 6.45) is -6.06. The van der Waals surface area contributed by atoms with Gasteiger partial charge in [-0.2, -0.15) is 31.3 Å². The molecule has 2 fully saturated rings. The summed E-state index contributed by atoms with van der Waals surface area (Å²) < 4.78 is 88.7. The molecule has 17 heteroatoms. The van der Waals surface area contributed by atoms with E-state index in [1.807, 2.05) is 23.6 Å². The third-order valence-corrected chi connectivity index (χ3v) is 8.55. The predicted molar refractivity (Wildman–Crippen MR) is 153 cm³/mol. The van der Waals surface area contributed by atoms with Gasteiger partial charge in [0.25, 0.3) is 0 Å². The number of rotatable bonds is 6. The van der Waals surface area contributed by atoms with Crippen molar-refractivity contribution >= 4 is 17.0 Å². The second kappa shape index (κ2) is 11.9. The number of anilines is 1. The van der Waals surface area contributed by atoms with Gasteiger partial charge in [-0.05, 0) is 51.0 Å². The van der Waals surface area contributed by atoms with Crippen LogP contribution in [0.1, 0.15) is 55.2 Å². The number of aromatic nitrogens is 7. The Morgan fingerprint density at radius 1 is 0.935 bits per heavy atom. The molecule has 0 N–H and O–H groups in total. The minimum atomic E-state index is -4.61. The van der Waals surface area contributed by atoms with Crippen molar-refractivity contribution in [1.82, 2.24) is 39.4 Å². The predicted octanol–water partition coefficient (Wildman–Crippen LogP) is 4.22. The van der Waals surface area contributed by atoms with E-state index in [0.717, 1.165) is 25.0 Å². The number of alkyl halides is 6. The number of pyridine rings is 2. The number of hydrogen-bond donors (Lipinski definition) is 0. The van der Waals surface area contributed by atoms with Gasteiger partial charge in [0.1, 0.15) is 0 Å². The molecule has 0 radical (unpaired) electrons. The average Bonchev–Trinajstić information content (AvgIpc) is 3.67. The average molecular weight is 652 g/mol. The third-order valence-electron chi connectivity index (χ3n) is 8.55. The normalized spacial score (nSPS) is 21.5. The molecule has 0 aromatic carbocycles. The Morgan fingerprint density at radius 2 is 1.57 bits per heavy atom. The van der Waals surface area contributed by atoms with Gasteiger partial charge >= 0.3 is 18.0 Å². The molecule has 0 saturated carbocycles. The van der Waals surface area contributed by atoms with Gasteiger partial charge in [-0.25, -0.2) is 9.48 Å². The van der Waals surface area contributed by atoms with Gasteiger partial charge in [-0.15, -0.1) is 5.10 Å². The molecule has 4 aromatic heterocycles. The lowest BCUT2D eigenvalue weighted by molar-refractivity contribution is -0.138. The van der Waals surface area contributed by atoms with Gasteiger partial charge in [0.05, 0.1) is 41.2 Å². The zero-order chi connectivity index (χ0) is 33.0. The minimum absolute atomic E-state index is 0.0475. The summed E-state index contributed by atoms with van der Waals surface area (Å²) in [4.78, 5) is 29.4. The highest BCUT2D eigenvalue weighted by Crippen LogP contribution is 2.37. The number of hydrogen-bond acceptors (Lipinski definition) is 9. The van der Waals surface area contributed by atoms with E-state index >= 15 is 0 Å². The van der Waals surface area contributed by atoms with E-state index in [1.165, 1.54) is 16.7 Å². The number of nitrogens with zero attached hydrogens (tertiary/aromatic N) is 9. The van der Waals surface area contributed by atoms with E-state index in [1.54, 1.807) is 11.7 Å². The number of ether oxygens (including phenoxy) is 1. The lowest BCUT2D eigenvalue weighted by Gasteiger charge is -2.47. The molecule has 0 amide bonds. The molecule has 4 aromatic rings. The van der Waals surface area contributed by atoms with E-state index in [4.69, 9.17) is 4.74 Å². The molecule has 0 spiro atoms. The van der Waals surface area contributed by atoms with Crippen LogP contribution >= 0.6 is 0 Å². The summed E-state index contributed by atoms with van der Waals surface area (Å²) >= 11 is 0. The lowest BCUT2D eigenvalue weighted by atomic mass is 9.99. The molecule has 11 nitrogen and oxygen atoms in total. The van der Waals surface area contributed by atoms with Crippen LogP contribution in [0.15, 0.2) is 41.5 Å². The van der Waals surface area contributed by atoms with Crippen LogP contribution < -0.4 is 10.6 Å². The SMILES string of the molecule is C[C@@H]1CN(c2nc(=O)n(C)c3c2nnn3C[C@H]2CCCO2)[C@@H](C)CN1C(c1ccc(C(F)(F)F)cn1)c1ccc(C(F)(F)F)cn1. The number of halogens is 6. The highest BCUT2D eigenvalue weighted by atomic mass is 19.4. The monoisotopic (exact) mass is 651 g/mol. The fourth-order valence-electron chi connectivity index (χ4n) is 6.17. The Hall–Kier alpha value is -4.12. The van der Waals surface area contributed by atoms with Crippen molar-refractivity contribution in [3.8, 4) is 0 Å². The smallest absolute Gasteiger partial charge is 0.376 e. The molecule has 2 saturated heterocycles. The van der Waals surface area contributed by atoms with E-state index < -0.39 is 35.2 Å². The zero-order valence-corrected chi connectivity index (χ0v) is 25.1. The van der Waals surface area contributed by atoms with Crippen molar-refractivity contribution in [2.45, 2.75) is 69.8 Å². The molecule has 246 valence electrons. The molecule has 0 bridgehead atoms. The molecular formula is C29H31F6N9O2. The summed E-state index contributed by atoms with van der Waals surface area (Å²) in [6, 6.07) is 2.68. The van der Waals surface area contributed by atoms with Crippen LogP contribution in [0.4, 0.5) is 32.2 Å². The first kappa shape index (κ1) is 31.8. The summed E-state index contributed by atoms with van der Waals surface area (Å²) in [5, 5.41) is 8.68. The van der Waals surface area contributed by atoms with Crippen molar-refractivity contribution in [3.05, 3.63) is 69.7 Å². The van der Waals surface area contributed by atoms with Gasteiger partial charge in [0.15, 0.2) is 17.0 Å². The molecule has 2 aliphatic rings. The lowest BCUT2D eigenvalue weighted by Crippen LogP contribution is -2.58. The molecule has 6 rings (SSSR count). The fraction of sp³-hybridized carbons (Fsp3) is 0.517. The van der Waals surface area contributed by atoms with Crippen molar-refractivity contribution in [3.63, 3.8) is 0 Å². The van der Waals surface area contributed by atoms with Crippen molar-refractivity contribution in [1.29, 1.82) is 0 Å². The first-order valence-electron chi connectivity index (χ1n) is 14.7. The highest BCUT2D eigenvalue weighted by molar-refractivity contribution is 5.83. The topological polar surface area (TPSA) is 107 Å². The molecule has 0 unspecified atom stereocenters. The molecule has 2 aliphatic heterocycles. The van der Waals surface area contributed by atoms with Gasteiger partial charge in [0.2, 0.25) is 0 Å². The van der Waals surface area contributed by atoms with Gasteiger partial charge in [0, 0.05) is 51.2 Å². The minimum Gasteiger partial charge on any atom is -0.376 e. The first-order valence-corrected chi connectivity index (χ1v) is 14.7. The van der Waals surface area contributed by atoms with Crippen LogP contribution in [-0.4, -0.2) is 77.3 Å². The third kappa shape index (κ3) is 6.04. The summed E-state index contributed by atoms with van der Waals surface area (Å²) in [7, 11) is 1.60. The summed E-state index contributed by atoms with van der Waals surface area (Å²) in [5.74, 6) is 0.340. The van der Waals surface area contributed by atoms with Crippen molar-refractivity contribution in [2.75, 3.05) is 24.6 Å². The van der Waals surface area contributed by atoms with Gasteiger partial charge < -0.3 is 9.64 Å². The van der Waals surface area contributed by atoms with Crippen LogP contribution in [0.5, 0.6) is 0 Å². The Balaban J connectivity index is 1.35. The molecule has 6 heterocycles. The van der Waals surface area contributed by atoms with Gasteiger partial charge in [-0.1, -0.05) is 5.21 Å². The number of fused-ring (bicyclic) bond motifs is 1. The maximum atomic E-state index is 13.3. The Kier molecular flexibility index (Phi) is 8.25. The van der Waals surface area contributed by atoms with Crippen LogP contribution in [-0.2, 0) is 30.7 Å². The largest absolute Gasteiger partial charge is 0.417 e. The van der Waals surface area contributed by atoms with E-state index in [-0.39, 0.29) is 36.1 Å². The molecular weight excluding hydrogens is 620 g/mol. The Bertz CT molecular complexity index is 1690. The van der Waals surface area contributed by atoms with E-state index in [2.05, 4.69) is 25.3 Å². The quantitative estimate of drug-likeness (QED) is 0.284. The van der Waals surface area contributed by atoms with Crippen LogP contribution in [0.25, 0.3) is 11.2 Å². The van der Waals surface area contributed by atoms with Crippen LogP contribution in [0, 0.1) is 0 Å². The fourth-order valence-corrected chi connectivity index (χ4v) is 6.17. The van der Waals surface area contributed by atoms with Crippen molar-refractivity contribution in [2.24, 2.45) is 7.05 Å². The number of piperazine rings is 1. The second-order valence-electron chi connectivity index (χ2n) is 11.7. The molecule has 46 heavy (non-hydrogen) atoms. The van der Waals surface area contributed by atoms with Crippen molar-refractivity contribution < 1.29 is 31.1 Å². The zero-order valence-electron chi connectivity index (χ0n) is 25.1. The Labute approximate surface area is 258 Å². The number of aryl methyl sites for hydroxylation is 1. The van der Waals surface area contributed by atoms with E-state index in [0.29, 0.717) is 49.1 Å². The van der Waals surface area contributed by atoms with Gasteiger partial charge in [-0.3, -0.25) is 19.4 Å². The summed E-state index contributed by atoms with van der Waals surface area (Å²) in [6.45, 7) is 5.42. The standard InChI is InChI=1S/C29H31F6N9O2/c1-16-14-43(25-23-26(41(3)27(45)38-25)44(40-39-23)15-20-5-4-10-46-20)17(2)13-42(16)24(21-8-6-18(11-36-21)28(30,31)32)22-9-7-19(12-37-22)29(33,34)35/h6-9,11-12,16-17,20,24H,4-5,10,13-15H2,1-3H3/t16-,17+,20-/m1/s1. The maximum Gasteiger partial charge on any atom is 0.417 e. The first-order chi connectivity index (χ1) is 21.7. The Morgan fingerprint density at radius 3 is 2.09 bits per heavy atom. The summed E-state index contributed by atoms with van der Waals surface area (Å²) in [5.41, 5.74) is -1.09. The van der Waals surface area contributed by atoms with E-state index in [9.17, 15) is 31.1 Å². The molecule has 0 aliphatic carbocycles. The molecule has 3 atom stereocenters. The second-order valence-corrected chi connectivity index (χ2v) is 11.7. The maximum absolute atomic E-state index is 13.3. The highest BCUT2D eigenvalue weighted by Gasteiger charge is 2.39.